The molecule has 6 heteroatoms. The van der Waals surface area contributed by atoms with E-state index in [1.807, 2.05) is 11.8 Å². The Morgan fingerprint density at radius 2 is 2.09 bits per heavy atom. The molecule has 1 amide bonds. The number of amides is 1. The largest absolute Gasteiger partial charge is 0.332 e. The highest BCUT2D eigenvalue weighted by atomic mass is 19.1. The van der Waals surface area contributed by atoms with E-state index in [-0.39, 0.29) is 11.7 Å². The van der Waals surface area contributed by atoms with Crippen LogP contribution >= 0.6 is 0 Å². The molecule has 5 nitrogen and oxygen atoms in total. The SMILES string of the molecule is CC[NH+]1CCN(C(=O)c2cnn(-c3cccc(F)c3)c2C)CC1. The lowest BCUT2D eigenvalue weighted by Gasteiger charge is -2.31. The quantitative estimate of drug-likeness (QED) is 0.905. The lowest BCUT2D eigenvalue weighted by atomic mass is 10.2. The van der Waals surface area contributed by atoms with Gasteiger partial charge in [0.05, 0.1) is 55.9 Å². The predicted octanol–water partition coefficient (Wildman–Crippen LogP) is 0.680. The Balaban J connectivity index is 1.80. The van der Waals surface area contributed by atoms with Crippen LogP contribution in [-0.2, 0) is 0 Å². The maximum Gasteiger partial charge on any atom is 0.257 e. The number of hydrogen-bond donors (Lipinski definition) is 1. The molecule has 1 aromatic heterocycles. The molecule has 1 aromatic carbocycles. The Hall–Kier alpha value is -2.21. The van der Waals surface area contributed by atoms with Gasteiger partial charge in [0, 0.05) is 0 Å². The van der Waals surface area contributed by atoms with Crippen molar-refractivity contribution in [3.63, 3.8) is 0 Å². The first-order valence-corrected chi connectivity index (χ1v) is 8.03. The highest BCUT2D eigenvalue weighted by Gasteiger charge is 2.26. The topological polar surface area (TPSA) is 42.6 Å². The summed E-state index contributed by atoms with van der Waals surface area (Å²) in [4.78, 5) is 16.1. The van der Waals surface area contributed by atoms with E-state index < -0.39 is 0 Å². The summed E-state index contributed by atoms with van der Waals surface area (Å²) in [6.45, 7) is 8.62. The zero-order chi connectivity index (χ0) is 16.4. The van der Waals surface area contributed by atoms with Crippen LogP contribution in [0.15, 0.2) is 30.5 Å². The van der Waals surface area contributed by atoms with Crippen molar-refractivity contribution in [2.24, 2.45) is 0 Å². The first-order chi connectivity index (χ1) is 11.1. The molecular formula is C17H22FN4O+. The van der Waals surface area contributed by atoms with E-state index in [0.717, 1.165) is 38.4 Å². The number of benzene rings is 1. The normalized spacial score (nSPS) is 15.9. The number of nitrogens with zero attached hydrogens (tertiary/aromatic N) is 3. The standard InChI is InChI=1S/C17H21FN4O/c1-3-20-7-9-21(10-8-20)17(23)16-12-19-22(13(16)2)15-6-4-5-14(18)11-15/h4-6,11-12H,3,7-10H2,1-2H3/p+1. The Kier molecular flexibility index (Phi) is 4.43. The second-order valence-electron chi connectivity index (χ2n) is 5.93. The van der Waals surface area contributed by atoms with E-state index in [4.69, 9.17) is 0 Å². The first kappa shape index (κ1) is 15.7. The molecule has 2 aromatic rings. The predicted molar refractivity (Wildman–Crippen MR) is 85.4 cm³/mol. The fraction of sp³-hybridized carbons (Fsp3) is 0.412. The van der Waals surface area contributed by atoms with Crippen LogP contribution in [0.4, 0.5) is 4.39 Å². The van der Waals surface area contributed by atoms with Gasteiger partial charge in [-0.25, -0.2) is 9.07 Å². The minimum absolute atomic E-state index is 0.0142. The number of nitrogens with one attached hydrogen (secondary N) is 1. The summed E-state index contributed by atoms with van der Waals surface area (Å²) in [5.74, 6) is -0.302. The monoisotopic (exact) mass is 317 g/mol. The summed E-state index contributed by atoms with van der Waals surface area (Å²) < 4.78 is 15.0. The highest BCUT2D eigenvalue weighted by Crippen LogP contribution is 2.16. The first-order valence-electron chi connectivity index (χ1n) is 8.03. The van der Waals surface area contributed by atoms with Gasteiger partial charge in [0.2, 0.25) is 0 Å². The molecule has 0 radical (unpaired) electrons. The van der Waals surface area contributed by atoms with Crippen LogP contribution in [-0.4, -0.2) is 53.3 Å². The minimum Gasteiger partial charge on any atom is -0.332 e. The number of carbonyl (C=O) groups excluding carboxylic acids is 1. The third-order valence-corrected chi connectivity index (χ3v) is 4.55. The van der Waals surface area contributed by atoms with Crippen LogP contribution < -0.4 is 4.90 Å². The van der Waals surface area contributed by atoms with E-state index in [2.05, 4.69) is 12.0 Å². The van der Waals surface area contributed by atoms with Crippen LogP contribution in [0, 0.1) is 12.7 Å². The molecule has 1 saturated heterocycles. The maximum absolute atomic E-state index is 13.4. The number of quaternary nitrogens is 1. The zero-order valence-electron chi connectivity index (χ0n) is 13.6. The van der Waals surface area contributed by atoms with Crippen molar-refractivity contribution >= 4 is 5.91 Å². The van der Waals surface area contributed by atoms with Gasteiger partial charge in [-0.15, -0.1) is 0 Å². The van der Waals surface area contributed by atoms with Crippen LogP contribution in [0.5, 0.6) is 0 Å². The van der Waals surface area contributed by atoms with Crippen molar-refractivity contribution < 1.29 is 14.1 Å². The number of piperazine rings is 1. The van der Waals surface area contributed by atoms with Crippen molar-refractivity contribution in [1.29, 1.82) is 0 Å². The second-order valence-corrected chi connectivity index (χ2v) is 5.93. The van der Waals surface area contributed by atoms with Crippen LogP contribution in [0.1, 0.15) is 23.0 Å². The molecule has 1 aliphatic heterocycles. The summed E-state index contributed by atoms with van der Waals surface area (Å²) in [6, 6.07) is 6.22. The molecule has 0 unspecified atom stereocenters. The summed E-state index contributed by atoms with van der Waals surface area (Å²) in [5, 5.41) is 4.27. The van der Waals surface area contributed by atoms with Crippen molar-refractivity contribution in [1.82, 2.24) is 14.7 Å². The van der Waals surface area contributed by atoms with Crippen molar-refractivity contribution in [2.75, 3.05) is 32.7 Å². The van der Waals surface area contributed by atoms with E-state index in [9.17, 15) is 9.18 Å². The van der Waals surface area contributed by atoms with Crippen molar-refractivity contribution in [3.05, 3.63) is 47.5 Å². The Labute approximate surface area is 135 Å². The maximum atomic E-state index is 13.4. The van der Waals surface area contributed by atoms with Crippen LogP contribution in [0.2, 0.25) is 0 Å². The van der Waals surface area contributed by atoms with Gasteiger partial charge in [-0.1, -0.05) is 6.07 Å². The number of halogens is 1. The molecule has 0 spiro atoms. The molecule has 0 saturated carbocycles. The zero-order valence-corrected chi connectivity index (χ0v) is 13.6. The lowest BCUT2D eigenvalue weighted by molar-refractivity contribution is -0.902. The fourth-order valence-corrected chi connectivity index (χ4v) is 3.04. The molecule has 1 aliphatic rings. The summed E-state index contributed by atoms with van der Waals surface area (Å²) >= 11 is 0. The Morgan fingerprint density at radius 1 is 1.35 bits per heavy atom. The van der Waals surface area contributed by atoms with Gasteiger partial charge in [0.15, 0.2) is 0 Å². The molecule has 0 aliphatic carbocycles. The van der Waals surface area contributed by atoms with Gasteiger partial charge >= 0.3 is 0 Å². The molecule has 1 N–H and O–H groups in total. The molecule has 0 bridgehead atoms. The van der Waals surface area contributed by atoms with Crippen LogP contribution in [0.25, 0.3) is 5.69 Å². The van der Waals surface area contributed by atoms with Crippen molar-refractivity contribution in [3.8, 4) is 5.69 Å². The number of likely N-dealkylation sites (N-methyl/N-ethyl adjacent to an activating group) is 1. The van der Waals surface area contributed by atoms with Gasteiger partial charge < -0.3 is 9.80 Å². The molecule has 1 fully saturated rings. The average Bonchev–Trinajstić information content (AvgIpc) is 2.96. The minimum atomic E-state index is -0.316. The van der Waals surface area contributed by atoms with Gasteiger partial charge in [-0.2, -0.15) is 5.10 Å². The Morgan fingerprint density at radius 3 is 2.74 bits per heavy atom. The van der Waals surface area contributed by atoms with E-state index in [0.29, 0.717) is 11.3 Å². The molecule has 0 atom stereocenters. The lowest BCUT2D eigenvalue weighted by Crippen LogP contribution is -3.14. The Bertz CT molecular complexity index is 704. The smallest absolute Gasteiger partial charge is 0.257 e. The number of aromatic nitrogens is 2. The number of carbonyl (C=O) groups is 1. The van der Waals surface area contributed by atoms with Gasteiger partial charge in [-0.05, 0) is 32.0 Å². The van der Waals surface area contributed by atoms with Crippen LogP contribution in [0.3, 0.4) is 0 Å². The molecule has 2 heterocycles. The van der Waals surface area contributed by atoms with Gasteiger partial charge in [-0.3, -0.25) is 4.79 Å². The summed E-state index contributed by atoms with van der Waals surface area (Å²) in [7, 11) is 0. The summed E-state index contributed by atoms with van der Waals surface area (Å²) in [6.07, 6.45) is 1.58. The third kappa shape index (κ3) is 3.12. The molecular weight excluding hydrogens is 295 g/mol. The van der Waals surface area contributed by atoms with Gasteiger partial charge in [0.1, 0.15) is 5.82 Å². The number of rotatable bonds is 3. The van der Waals surface area contributed by atoms with Gasteiger partial charge in [0.25, 0.3) is 5.91 Å². The van der Waals surface area contributed by atoms with E-state index in [1.54, 1.807) is 23.0 Å². The van der Waals surface area contributed by atoms with E-state index in [1.165, 1.54) is 17.0 Å². The van der Waals surface area contributed by atoms with Crippen molar-refractivity contribution in [2.45, 2.75) is 13.8 Å². The molecule has 122 valence electrons. The summed E-state index contributed by atoms with van der Waals surface area (Å²) in [5.41, 5.74) is 1.96. The average molecular weight is 317 g/mol. The highest BCUT2D eigenvalue weighted by molar-refractivity contribution is 5.95. The third-order valence-electron chi connectivity index (χ3n) is 4.55. The molecule has 3 rings (SSSR count). The number of hydrogen-bond acceptors (Lipinski definition) is 2. The fourth-order valence-electron chi connectivity index (χ4n) is 3.04. The molecule has 23 heavy (non-hydrogen) atoms. The second kappa shape index (κ2) is 6.50. The van der Waals surface area contributed by atoms with E-state index >= 15 is 0 Å².